The molecule has 0 aliphatic carbocycles. The van der Waals surface area contributed by atoms with Gasteiger partial charge in [0.05, 0.1) is 18.6 Å². The lowest BCUT2D eigenvalue weighted by atomic mass is 10.1. The summed E-state index contributed by atoms with van der Waals surface area (Å²) in [5.41, 5.74) is 3.70. The second-order valence-corrected chi connectivity index (χ2v) is 9.46. The van der Waals surface area contributed by atoms with Crippen molar-refractivity contribution >= 4 is 44.9 Å². The van der Waals surface area contributed by atoms with E-state index in [0.29, 0.717) is 28.6 Å². The Labute approximate surface area is 205 Å². The van der Waals surface area contributed by atoms with Gasteiger partial charge in [0.2, 0.25) is 0 Å². The molecule has 3 aromatic rings. The number of benzene rings is 3. The SMILES string of the molecule is COc1cccc(/C=C2\SC(=O)N(Cc3ccc(C)cc3)C2=O)c1OCc1ccc(Br)cc1. The summed E-state index contributed by atoms with van der Waals surface area (Å²) in [6.07, 6.45) is 1.69. The summed E-state index contributed by atoms with van der Waals surface area (Å²) in [6.45, 7) is 2.58. The Morgan fingerprint density at radius 1 is 0.970 bits per heavy atom. The summed E-state index contributed by atoms with van der Waals surface area (Å²) in [5, 5.41) is -0.285. The third kappa shape index (κ3) is 5.49. The molecule has 3 aromatic carbocycles. The number of hydrogen-bond acceptors (Lipinski definition) is 5. The molecule has 7 heteroatoms. The highest BCUT2D eigenvalue weighted by atomic mass is 79.9. The first-order valence-electron chi connectivity index (χ1n) is 10.3. The average molecular weight is 524 g/mol. The van der Waals surface area contributed by atoms with Crippen LogP contribution in [0.1, 0.15) is 22.3 Å². The topological polar surface area (TPSA) is 55.8 Å². The van der Waals surface area contributed by atoms with Gasteiger partial charge in [0, 0.05) is 10.0 Å². The van der Waals surface area contributed by atoms with Crippen molar-refractivity contribution in [3.8, 4) is 11.5 Å². The number of thioether (sulfide) groups is 1. The van der Waals surface area contributed by atoms with Gasteiger partial charge in [-0.1, -0.05) is 70.0 Å². The van der Waals surface area contributed by atoms with Crippen LogP contribution in [-0.4, -0.2) is 23.2 Å². The van der Waals surface area contributed by atoms with Crippen molar-refractivity contribution in [1.29, 1.82) is 0 Å². The number of hydrogen-bond donors (Lipinski definition) is 0. The molecule has 1 saturated heterocycles. The Morgan fingerprint density at radius 3 is 2.36 bits per heavy atom. The number of halogens is 1. The van der Waals surface area contributed by atoms with Gasteiger partial charge in [-0.05, 0) is 54.1 Å². The molecular formula is C26H22BrNO4S. The molecule has 0 bridgehead atoms. The van der Waals surface area contributed by atoms with E-state index in [-0.39, 0.29) is 17.7 Å². The van der Waals surface area contributed by atoms with E-state index in [1.807, 2.05) is 67.6 Å². The molecule has 0 unspecified atom stereocenters. The molecule has 0 aromatic heterocycles. The molecule has 4 rings (SSSR count). The summed E-state index contributed by atoms with van der Waals surface area (Å²) in [4.78, 5) is 27.2. The molecule has 1 aliphatic heterocycles. The fourth-order valence-electron chi connectivity index (χ4n) is 3.35. The molecule has 168 valence electrons. The maximum atomic E-state index is 13.0. The van der Waals surface area contributed by atoms with Gasteiger partial charge >= 0.3 is 0 Å². The van der Waals surface area contributed by atoms with Crippen LogP contribution in [0.5, 0.6) is 11.5 Å². The lowest BCUT2D eigenvalue weighted by Gasteiger charge is -2.14. The van der Waals surface area contributed by atoms with E-state index >= 15 is 0 Å². The van der Waals surface area contributed by atoms with Crippen LogP contribution in [-0.2, 0) is 17.9 Å². The molecule has 5 nitrogen and oxygen atoms in total. The fourth-order valence-corrected chi connectivity index (χ4v) is 4.44. The summed E-state index contributed by atoms with van der Waals surface area (Å²) >= 11 is 4.36. The largest absolute Gasteiger partial charge is 0.493 e. The highest BCUT2D eigenvalue weighted by Gasteiger charge is 2.35. The number of amides is 2. The van der Waals surface area contributed by atoms with Gasteiger partial charge in [-0.2, -0.15) is 0 Å². The van der Waals surface area contributed by atoms with E-state index in [0.717, 1.165) is 32.9 Å². The lowest BCUT2D eigenvalue weighted by Crippen LogP contribution is -2.27. The Morgan fingerprint density at radius 2 is 1.67 bits per heavy atom. The monoisotopic (exact) mass is 523 g/mol. The van der Waals surface area contributed by atoms with Crippen LogP contribution in [0.3, 0.4) is 0 Å². The molecule has 0 saturated carbocycles. The third-order valence-electron chi connectivity index (χ3n) is 5.15. The van der Waals surface area contributed by atoms with Gasteiger partial charge in [0.15, 0.2) is 11.5 Å². The van der Waals surface area contributed by atoms with Crippen LogP contribution < -0.4 is 9.47 Å². The second kappa shape index (κ2) is 10.3. The first kappa shape index (κ1) is 23.1. The number of carbonyl (C=O) groups is 2. The number of carbonyl (C=O) groups excluding carboxylic acids is 2. The van der Waals surface area contributed by atoms with Crippen molar-refractivity contribution in [2.45, 2.75) is 20.1 Å². The zero-order chi connectivity index (χ0) is 23.4. The summed E-state index contributed by atoms with van der Waals surface area (Å²) in [7, 11) is 1.57. The first-order valence-corrected chi connectivity index (χ1v) is 11.9. The highest BCUT2D eigenvalue weighted by molar-refractivity contribution is 9.10. The number of nitrogens with zero attached hydrogens (tertiary/aromatic N) is 1. The smallest absolute Gasteiger partial charge is 0.293 e. The summed E-state index contributed by atoms with van der Waals surface area (Å²) in [5.74, 6) is 0.764. The van der Waals surface area contributed by atoms with E-state index in [1.165, 1.54) is 4.90 Å². The molecule has 0 spiro atoms. The Hall–Kier alpha value is -3.03. The Kier molecular flexibility index (Phi) is 7.20. The third-order valence-corrected chi connectivity index (χ3v) is 6.58. The van der Waals surface area contributed by atoms with Crippen LogP contribution in [0.15, 0.2) is 76.1 Å². The van der Waals surface area contributed by atoms with Crippen molar-refractivity contribution in [2.75, 3.05) is 7.11 Å². The van der Waals surface area contributed by atoms with Gasteiger partial charge < -0.3 is 9.47 Å². The minimum Gasteiger partial charge on any atom is -0.493 e. The molecule has 1 fully saturated rings. The average Bonchev–Trinajstić information content (AvgIpc) is 3.07. The number of ether oxygens (including phenoxy) is 2. The molecule has 0 N–H and O–H groups in total. The number of para-hydroxylation sites is 1. The molecule has 1 aliphatic rings. The van der Waals surface area contributed by atoms with Crippen LogP contribution in [0, 0.1) is 6.92 Å². The summed E-state index contributed by atoms with van der Waals surface area (Å²) < 4.78 is 12.6. The molecule has 33 heavy (non-hydrogen) atoms. The van der Waals surface area contributed by atoms with E-state index in [9.17, 15) is 9.59 Å². The molecule has 0 radical (unpaired) electrons. The fraction of sp³-hybridized carbons (Fsp3) is 0.154. The maximum absolute atomic E-state index is 13.0. The normalized spacial score (nSPS) is 14.8. The first-order chi connectivity index (χ1) is 15.9. The van der Waals surface area contributed by atoms with Gasteiger partial charge in [0.1, 0.15) is 6.61 Å². The van der Waals surface area contributed by atoms with Crippen molar-refractivity contribution < 1.29 is 19.1 Å². The Balaban J connectivity index is 1.57. The zero-order valence-corrected chi connectivity index (χ0v) is 20.6. The lowest BCUT2D eigenvalue weighted by molar-refractivity contribution is -0.123. The minimum atomic E-state index is -0.313. The standard InChI is InChI=1S/C26H22BrNO4S/c1-17-6-8-18(9-7-17)15-28-25(29)23(33-26(28)30)14-20-4-3-5-22(31-2)24(20)32-16-19-10-12-21(27)13-11-19/h3-14H,15-16H2,1-2H3/b23-14-. The van der Waals surface area contributed by atoms with E-state index in [1.54, 1.807) is 19.3 Å². The van der Waals surface area contributed by atoms with Gasteiger partial charge in [0.25, 0.3) is 11.1 Å². The number of rotatable bonds is 7. The highest BCUT2D eigenvalue weighted by Crippen LogP contribution is 2.38. The Bertz CT molecular complexity index is 1210. The van der Waals surface area contributed by atoms with Gasteiger partial charge in [-0.3, -0.25) is 14.5 Å². The predicted molar refractivity (Wildman–Crippen MR) is 134 cm³/mol. The van der Waals surface area contributed by atoms with Crippen molar-refractivity contribution in [3.63, 3.8) is 0 Å². The van der Waals surface area contributed by atoms with Crippen LogP contribution in [0.4, 0.5) is 4.79 Å². The van der Waals surface area contributed by atoms with Crippen LogP contribution in [0.25, 0.3) is 6.08 Å². The van der Waals surface area contributed by atoms with E-state index < -0.39 is 0 Å². The number of methoxy groups -OCH3 is 1. The van der Waals surface area contributed by atoms with E-state index in [2.05, 4.69) is 15.9 Å². The van der Waals surface area contributed by atoms with Gasteiger partial charge in [-0.25, -0.2) is 0 Å². The van der Waals surface area contributed by atoms with E-state index in [4.69, 9.17) is 9.47 Å². The zero-order valence-electron chi connectivity index (χ0n) is 18.2. The van der Waals surface area contributed by atoms with Crippen LogP contribution >= 0.6 is 27.7 Å². The molecule has 2 amide bonds. The van der Waals surface area contributed by atoms with Crippen LogP contribution in [0.2, 0.25) is 0 Å². The van der Waals surface area contributed by atoms with Crippen molar-refractivity contribution in [3.05, 3.63) is 98.4 Å². The predicted octanol–water partition coefficient (Wildman–Crippen LogP) is 6.58. The van der Waals surface area contributed by atoms with Crippen molar-refractivity contribution in [2.24, 2.45) is 0 Å². The quantitative estimate of drug-likeness (QED) is 0.327. The number of imide groups is 1. The number of aryl methyl sites for hydroxylation is 1. The summed E-state index contributed by atoms with van der Waals surface area (Å²) in [6, 6.07) is 21.1. The molecule has 1 heterocycles. The maximum Gasteiger partial charge on any atom is 0.293 e. The van der Waals surface area contributed by atoms with Gasteiger partial charge in [-0.15, -0.1) is 0 Å². The second-order valence-electron chi connectivity index (χ2n) is 7.55. The molecule has 0 atom stereocenters. The van der Waals surface area contributed by atoms with Crippen molar-refractivity contribution in [1.82, 2.24) is 4.90 Å². The molecular weight excluding hydrogens is 502 g/mol. The minimum absolute atomic E-state index is 0.243.